The van der Waals surface area contributed by atoms with Crippen molar-refractivity contribution >= 4 is 44.9 Å². The zero-order valence-corrected chi connectivity index (χ0v) is 24.9. The SMILES string of the molecule is CCC1(CC(=O)O)CC(c2cccc(Cl)c2)C(c2ccc(Cl)cc2)N(C(C)CCS(=O)(=O)C(C)(C)C)C1=O. The van der Waals surface area contributed by atoms with Gasteiger partial charge in [-0.25, -0.2) is 8.42 Å². The number of benzene rings is 2. The highest BCUT2D eigenvalue weighted by atomic mass is 35.5. The molecule has 1 N–H and O–H groups in total. The van der Waals surface area contributed by atoms with Gasteiger partial charge in [0.15, 0.2) is 9.84 Å². The number of halogens is 2. The van der Waals surface area contributed by atoms with Crippen molar-refractivity contribution in [1.82, 2.24) is 4.90 Å². The smallest absolute Gasteiger partial charge is 0.304 e. The highest BCUT2D eigenvalue weighted by Crippen LogP contribution is 2.53. The Hall–Kier alpha value is -2.09. The Morgan fingerprint density at radius 3 is 2.26 bits per heavy atom. The van der Waals surface area contributed by atoms with Gasteiger partial charge in [0.1, 0.15) is 0 Å². The first kappa shape index (κ1) is 30.5. The van der Waals surface area contributed by atoms with Gasteiger partial charge in [-0.05, 0) is 82.3 Å². The molecule has 2 aromatic carbocycles. The molecule has 4 unspecified atom stereocenters. The standard InChI is InChI=1S/C29H37Cl2NO5S/c1-6-29(18-25(33)34)17-24(21-8-7-9-23(31)16-21)26(20-10-12-22(30)13-11-20)32(27(29)35)19(2)14-15-38(36,37)28(3,4)5/h7-13,16,19,24,26H,6,14-15,17-18H2,1-5H3,(H,33,34). The van der Waals surface area contributed by atoms with E-state index in [1.165, 1.54) is 0 Å². The predicted molar refractivity (Wildman–Crippen MR) is 152 cm³/mol. The molecular weight excluding hydrogens is 545 g/mol. The lowest BCUT2D eigenvalue weighted by Crippen LogP contribution is -2.56. The lowest BCUT2D eigenvalue weighted by Gasteiger charge is -2.52. The van der Waals surface area contributed by atoms with E-state index in [1.807, 2.05) is 44.2 Å². The van der Waals surface area contributed by atoms with E-state index in [-0.39, 0.29) is 30.4 Å². The normalized spacial score (nSPS) is 23.3. The summed E-state index contributed by atoms with van der Waals surface area (Å²) in [5, 5.41) is 10.9. The Bertz CT molecular complexity index is 1270. The molecule has 6 nitrogen and oxygen atoms in total. The minimum absolute atomic E-state index is 0.0886. The summed E-state index contributed by atoms with van der Waals surface area (Å²) in [6.07, 6.45) is 0.582. The topological polar surface area (TPSA) is 91.8 Å². The zero-order valence-electron chi connectivity index (χ0n) is 22.6. The van der Waals surface area contributed by atoms with Crippen LogP contribution in [0.4, 0.5) is 0 Å². The van der Waals surface area contributed by atoms with Gasteiger partial charge in [-0.2, -0.15) is 0 Å². The van der Waals surface area contributed by atoms with Crippen molar-refractivity contribution in [3.63, 3.8) is 0 Å². The van der Waals surface area contributed by atoms with Crippen LogP contribution in [0.2, 0.25) is 10.0 Å². The van der Waals surface area contributed by atoms with E-state index in [0.717, 1.165) is 11.1 Å². The molecule has 0 spiro atoms. The first-order valence-corrected chi connectivity index (χ1v) is 15.3. The summed E-state index contributed by atoms with van der Waals surface area (Å²) in [6.45, 7) is 8.69. The number of likely N-dealkylation sites (tertiary alicyclic amines) is 1. The molecule has 1 aliphatic rings. The molecule has 1 fully saturated rings. The van der Waals surface area contributed by atoms with Gasteiger partial charge in [0, 0.05) is 22.0 Å². The fourth-order valence-corrected chi connectivity index (χ4v) is 7.00. The second kappa shape index (κ2) is 11.6. The second-order valence-corrected chi connectivity index (χ2v) is 15.1. The largest absolute Gasteiger partial charge is 0.481 e. The maximum absolute atomic E-state index is 14.3. The minimum atomic E-state index is -3.43. The summed E-state index contributed by atoms with van der Waals surface area (Å²) in [6, 6.07) is 13.8. The molecule has 0 aliphatic carbocycles. The summed E-state index contributed by atoms with van der Waals surface area (Å²) in [5.74, 6) is -1.66. The van der Waals surface area contributed by atoms with Gasteiger partial charge >= 0.3 is 5.97 Å². The van der Waals surface area contributed by atoms with Gasteiger partial charge in [-0.15, -0.1) is 0 Å². The van der Waals surface area contributed by atoms with Gasteiger partial charge in [0.25, 0.3) is 0 Å². The summed E-state index contributed by atoms with van der Waals surface area (Å²) in [4.78, 5) is 28.1. The number of carbonyl (C=O) groups is 2. The molecule has 1 heterocycles. The number of rotatable bonds is 9. The summed E-state index contributed by atoms with van der Waals surface area (Å²) in [5.41, 5.74) is 0.602. The fourth-order valence-electron chi connectivity index (χ4n) is 5.41. The molecule has 3 rings (SSSR count). The van der Waals surface area contributed by atoms with Gasteiger partial charge in [0.05, 0.1) is 28.4 Å². The molecular formula is C29H37Cl2NO5S. The Kier molecular flexibility index (Phi) is 9.27. The number of carbonyl (C=O) groups excluding carboxylic acids is 1. The predicted octanol–water partition coefficient (Wildman–Crippen LogP) is 6.91. The Morgan fingerprint density at radius 2 is 1.74 bits per heavy atom. The molecule has 0 bridgehead atoms. The van der Waals surface area contributed by atoms with Crippen molar-refractivity contribution in [2.24, 2.45) is 5.41 Å². The first-order valence-electron chi connectivity index (χ1n) is 12.9. The van der Waals surface area contributed by atoms with Gasteiger partial charge in [-0.3, -0.25) is 9.59 Å². The number of hydrogen-bond acceptors (Lipinski definition) is 4. The second-order valence-electron chi connectivity index (χ2n) is 11.3. The number of hydrogen-bond donors (Lipinski definition) is 1. The molecule has 1 amide bonds. The maximum Gasteiger partial charge on any atom is 0.304 e. The van der Waals surface area contributed by atoms with E-state index in [4.69, 9.17) is 23.2 Å². The van der Waals surface area contributed by atoms with Crippen LogP contribution in [0.3, 0.4) is 0 Å². The average molecular weight is 583 g/mol. The maximum atomic E-state index is 14.3. The van der Waals surface area contributed by atoms with Crippen LogP contribution in [0.25, 0.3) is 0 Å². The van der Waals surface area contributed by atoms with Crippen molar-refractivity contribution in [3.8, 4) is 0 Å². The number of carboxylic acid groups (broad SMARTS) is 1. The van der Waals surface area contributed by atoms with E-state index in [1.54, 1.807) is 43.9 Å². The van der Waals surface area contributed by atoms with Crippen LogP contribution in [-0.4, -0.2) is 46.8 Å². The Balaban J connectivity index is 2.19. The van der Waals surface area contributed by atoms with Crippen LogP contribution in [0, 0.1) is 5.41 Å². The van der Waals surface area contributed by atoms with E-state index >= 15 is 0 Å². The molecule has 1 aliphatic heterocycles. The molecule has 0 saturated carbocycles. The molecule has 2 aromatic rings. The van der Waals surface area contributed by atoms with Crippen LogP contribution < -0.4 is 0 Å². The third-order valence-corrected chi connectivity index (χ3v) is 11.0. The minimum Gasteiger partial charge on any atom is -0.481 e. The van der Waals surface area contributed by atoms with Crippen molar-refractivity contribution < 1.29 is 23.1 Å². The molecule has 0 aromatic heterocycles. The number of aliphatic carboxylic acids is 1. The molecule has 38 heavy (non-hydrogen) atoms. The number of nitrogens with zero attached hydrogens (tertiary/aromatic N) is 1. The molecule has 0 radical (unpaired) electrons. The van der Waals surface area contributed by atoms with Crippen molar-refractivity contribution in [2.45, 2.75) is 83.1 Å². The van der Waals surface area contributed by atoms with Crippen molar-refractivity contribution in [3.05, 3.63) is 69.7 Å². The monoisotopic (exact) mass is 581 g/mol. The average Bonchev–Trinajstić information content (AvgIpc) is 2.83. The van der Waals surface area contributed by atoms with Crippen LogP contribution >= 0.6 is 23.2 Å². The zero-order chi connectivity index (χ0) is 28.5. The van der Waals surface area contributed by atoms with Crippen LogP contribution in [0.1, 0.15) is 83.4 Å². The van der Waals surface area contributed by atoms with Gasteiger partial charge in [-0.1, -0.05) is 54.4 Å². The van der Waals surface area contributed by atoms with Crippen molar-refractivity contribution in [1.29, 1.82) is 0 Å². The van der Waals surface area contributed by atoms with E-state index in [0.29, 0.717) is 22.9 Å². The first-order chi connectivity index (χ1) is 17.6. The van der Waals surface area contributed by atoms with E-state index in [2.05, 4.69) is 0 Å². The van der Waals surface area contributed by atoms with Crippen LogP contribution in [0.5, 0.6) is 0 Å². The van der Waals surface area contributed by atoms with E-state index in [9.17, 15) is 23.1 Å². The number of carboxylic acids is 1. The molecule has 1 saturated heterocycles. The van der Waals surface area contributed by atoms with Crippen LogP contribution in [0.15, 0.2) is 48.5 Å². The molecule has 9 heteroatoms. The third kappa shape index (κ3) is 6.37. The van der Waals surface area contributed by atoms with Crippen molar-refractivity contribution in [2.75, 3.05) is 5.75 Å². The number of amides is 1. The number of piperidine rings is 1. The van der Waals surface area contributed by atoms with E-state index < -0.39 is 38.1 Å². The molecule has 4 atom stereocenters. The lowest BCUT2D eigenvalue weighted by atomic mass is 9.65. The van der Waals surface area contributed by atoms with Gasteiger partial charge in [0.2, 0.25) is 5.91 Å². The highest BCUT2D eigenvalue weighted by molar-refractivity contribution is 7.92. The Labute approximate surface area is 236 Å². The van der Waals surface area contributed by atoms with Crippen LogP contribution in [-0.2, 0) is 19.4 Å². The quantitative estimate of drug-likeness (QED) is 0.347. The highest BCUT2D eigenvalue weighted by Gasteiger charge is 2.53. The Morgan fingerprint density at radius 1 is 1.11 bits per heavy atom. The number of sulfone groups is 1. The third-order valence-electron chi connectivity index (χ3n) is 7.85. The summed E-state index contributed by atoms with van der Waals surface area (Å²) in [7, 11) is -3.43. The summed E-state index contributed by atoms with van der Waals surface area (Å²) < 4.78 is 25.0. The van der Waals surface area contributed by atoms with Gasteiger partial charge < -0.3 is 10.0 Å². The lowest BCUT2D eigenvalue weighted by molar-refractivity contribution is -0.162. The fraction of sp³-hybridized carbons (Fsp3) is 0.517. The molecule has 208 valence electrons. The summed E-state index contributed by atoms with van der Waals surface area (Å²) >= 11 is 12.6.